The average Bonchev–Trinajstić information content (AvgIpc) is 2.77. The van der Waals surface area contributed by atoms with E-state index >= 15 is 0 Å². The lowest BCUT2D eigenvalue weighted by molar-refractivity contribution is 0.304. The first-order valence-electron chi connectivity index (χ1n) is 9.86. The van der Waals surface area contributed by atoms with E-state index in [0.29, 0.717) is 11.4 Å². The van der Waals surface area contributed by atoms with Crippen molar-refractivity contribution >= 4 is 0 Å². The van der Waals surface area contributed by atoms with E-state index in [1.54, 1.807) is 12.1 Å². The third-order valence-electron chi connectivity index (χ3n) is 4.63. The Morgan fingerprint density at radius 3 is 2.07 bits per heavy atom. The lowest BCUT2D eigenvalue weighted by Gasteiger charge is -2.08. The van der Waals surface area contributed by atoms with Crippen molar-refractivity contribution < 1.29 is 4.74 Å². The molecule has 0 spiro atoms. The predicted octanol–water partition coefficient (Wildman–Crippen LogP) is 6.03. The second-order valence-corrected chi connectivity index (χ2v) is 6.77. The average molecular weight is 371 g/mol. The largest absolute Gasteiger partial charge is 0.494 e. The van der Waals surface area contributed by atoms with Crippen molar-refractivity contribution in [1.82, 2.24) is 9.97 Å². The monoisotopic (exact) mass is 371 g/mol. The van der Waals surface area contributed by atoms with Gasteiger partial charge in [0.05, 0.1) is 18.2 Å². The highest BCUT2D eigenvalue weighted by molar-refractivity contribution is 5.64. The van der Waals surface area contributed by atoms with Gasteiger partial charge < -0.3 is 4.74 Å². The molecule has 142 valence electrons. The highest BCUT2D eigenvalue weighted by atomic mass is 16.5. The van der Waals surface area contributed by atoms with Gasteiger partial charge in [-0.25, -0.2) is 9.97 Å². The Morgan fingerprint density at radius 1 is 0.786 bits per heavy atom. The molecule has 2 aromatic carbocycles. The van der Waals surface area contributed by atoms with Crippen molar-refractivity contribution in [2.45, 2.75) is 39.0 Å². The third kappa shape index (κ3) is 5.40. The number of ether oxygens (including phenoxy) is 1. The number of nitriles is 1. The van der Waals surface area contributed by atoms with E-state index in [0.717, 1.165) is 35.5 Å². The maximum absolute atomic E-state index is 8.88. The Balaban J connectivity index is 1.57. The summed E-state index contributed by atoms with van der Waals surface area (Å²) in [6, 6.07) is 17.4. The van der Waals surface area contributed by atoms with Gasteiger partial charge in [-0.15, -0.1) is 0 Å². The summed E-state index contributed by atoms with van der Waals surface area (Å²) in [5.41, 5.74) is 3.54. The van der Waals surface area contributed by atoms with Crippen LogP contribution in [0.15, 0.2) is 60.9 Å². The number of unbranched alkanes of at least 4 members (excludes halogenated alkanes) is 4. The van der Waals surface area contributed by atoms with Crippen LogP contribution in [0.2, 0.25) is 0 Å². The maximum atomic E-state index is 8.88. The topological polar surface area (TPSA) is 58.8 Å². The molecule has 0 aliphatic heterocycles. The Labute approximate surface area is 166 Å². The van der Waals surface area contributed by atoms with Crippen LogP contribution in [0.5, 0.6) is 5.75 Å². The molecule has 0 atom stereocenters. The van der Waals surface area contributed by atoms with Crippen molar-refractivity contribution in [3.63, 3.8) is 0 Å². The highest BCUT2D eigenvalue weighted by Gasteiger charge is 2.04. The molecule has 1 aromatic heterocycles. The summed E-state index contributed by atoms with van der Waals surface area (Å²) in [5, 5.41) is 8.88. The van der Waals surface area contributed by atoms with Gasteiger partial charge in [-0.1, -0.05) is 44.7 Å². The van der Waals surface area contributed by atoms with Crippen molar-refractivity contribution in [3.05, 3.63) is 66.5 Å². The fraction of sp³-hybridized carbons (Fsp3) is 0.292. The molecule has 0 aliphatic rings. The van der Waals surface area contributed by atoms with Gasteiger partial charge in [-0.2, -0.15) is 5.26 Å². The van der Waals surface area contributed by atoms with Gasteiger partial charge in [-0.3, -0.25) is 0 Å². The summed E-state index contributed by atoms with van der Waals surface area (Å²) in [4.78, 5) is 8.93. The molecule has 0 radical (unpaired) electrons. The second-order valence-electron chi connectivity index (χ2n) is 6.77. The van der Waals surface area contributed by atoms with Crippen molar-refractivity contribution in [2.75, 3.05) is 6.61 Å². The zero-order valence-corrected chi connectivity index (χ0v) is 16.3. The molecule has 3 aromatic rings. The van der Waals surface area contributed by atoms with Gasteiger partial charge in [0, 0.05) is 23.5 Å². The van der Waals surface area contributed by atoms with Crippen LogP contribution in [0.1, 0.15) is 44.6 Å². The van der Waals surface area contributed by atoms with Gasteiger partial charge in [0.15, 0.2) is 5.82 Å². The summed E-state index contributed by atoms with van der Waals surface area (Å²) in [6.45, 7) is 3.00. The first-order valence-corrected chi connectivity index (χ1v) is 9.86. The minimum atomic E-state index is 0.628. The van der Waals surface area contributed by atoms with E-state index in [9.17, 15) is 0 Å². The van der Waals surface area contributed by atoms with Crippen LogP contribution < -0.4 is 4.74 Å². The highest BCUT2D eigenvalue weighted by Crippen LogP contribution is 2.23. The molecular formula is C24H25N3O. The first-order chi connectivity index (χ1) is 13.8. The van der Waals surface area contributed by atoms with Gasteiger partial charge in [0.25, 0.3) is 0 Å². The molecule has 0 N–H and O–H groups in total. The standard InChI is InChI=1S/C24H25N3O/c1-2-3-4-5-6-15-28-23-13-11-20(12-14-23)22-17-26-24(27-18-22)21-9-7-19(16-25)8-10-21/h7-14,17-18H,2-6,15H2,1H3. The van der Waals surface area contributed by atoms with E-state index < -0.39 is 0 Å². The second kappa shape index (κ2) is 10.2. The number of aromatic nitrogens is 2. The van der Waals surface area contributed by atoms with E-state index in [-0.39, 0.29) is 0 Å². The quantitative estimate of drug-likeness (QED) is 0.431. The number of rotatable bonds is 9. The number of benzene rings is 2. The van der Waals surface area contributed by atoms with Gasteiger partial charge >= 0.3 is 0 Å². The van der Waals surface area contributed by atoms with E-state index in [1.807, 2.05) is 48.8 Å². The zero-order valence-electron chi connectivity index (χ0n) is 16.3. The fourth-order valence-corrected chi connectivity index (χ4v) is 2.96. The van der Waals surface area contributed by atoms with Crippen LogP contribution in [0.4, 0.5) is 0 Å². The molecule has 0 unspecified atom stereocenters. The Kier molecular flexibility index (Phi) is 7.14. The van der Waals surface area contributed by atoms with Crippen LogP contribution in [-0.4, -0.2) is 16.6 Å². The van der Waals surface area contributed by atoms with Gasteiger partial charge in [0.1, 0.15) is 5.75 Å². The molecule has 0 saturated heterocycles. The summed E-state index contributed by atoms with van der Waals surface area (Å²) in [5.74, 6) is 1.55. The summed E-state index contributed by atoms with van der Waals surface area (Å²) in [6.07, 6.45) is 9.84. The zero-order chi connectivity index (χ0) is 19.6. The summed E-state index contributed by atoms with van der Waals surface area (Å²) in [7, 11) is 0. The maximum Gasteiger partial charge on any atom is 0.159 e. The molecule has 0 saturated carbocycles. The number of hydrogen-bond donors (Lipinski definition) is 0. The van der Waals surface area contributed by atoms with Gasteiger partial charge in [-0.05, 0) is 48.4 Å². The van der Waals surface area contributed by atoms with Crippen molar-refractivity contribution in [2.24, 2.45) is 0 Å². The summed E-state index contributed by atoms with van der Waals surface area (Å²) < 4.78 is 5.82. The lowest BCUT2D eigenvalue weighted by Crippen LogP contribution is -1.97. The Bertz CT molecular complexity index is 895. The minimum Gasteiger partial charge on any atom is -0.494 e. The molecule has 0 bridgehead atoms. The SMILES string of the molecule is CCCCCCCOc1ccc(-c2cnc(-c3ccc(C#N)cc3)nc2)cc1. The molecule has 0 aliphatic carbocycles. The Morgan fingerprint density at radius 2 is 1.43 bits per heavy atom. The van der Waals surface area contributed by atoms with E-state index in [2.05, 4.69) is 23.0 Å². The molecule has 28 heavy (non-hydrogen) atoms. The lowest BCUT2D eigenvalue weighted by atomic mass is 10.1. The molecular weight excluding hydrogens is 346 g/mol. The summed E-state index contributed by atoms with van der Waals surface area (Å²) >= 11 is 0. The molecule has 0 amide bonds. The van der Waals surface area contributed by atoms with Crippen molar-refractivity contribution in [3.8, 4) is 34.3 Å². The van der Waals surface area contributed by atoms with Crippen LogP contribution >= 0.6 is 0 Å². The molecule has 4 nitrogen and oxygen atoms in total. The normalized spacial score (nSPS) is 10.4. The van der Waals surface area contributed by atoms with Gasteiger partial charge in [0.2, 0.25) is 0 Å². The van der Waals surface area contributed by atoms with E-state index in [1.165, 1.54) is 25.7 Å². The number of nitrogens with zero attached hydrogens (tertiary/aromatic N) is 3. The van der Waals surface area contributed by atoms with Crippen LogP contribution in [0, 0.1) is 11.3 Å². The van der Waals surface area contributed by atoms with Crippen LogP contribution in [-0.2, 0) is 0 Å². The fourth-order valence-electron chi connectivity index (χ4n) is 2.96. The van der Waals surface area contributed by atoms with Crippen molar-refractivity contribution in [1.29, 1.82) is 5.26 Å². The number of hydrogen-bond acceptors (Lipinski definition) is 4. The smallest absolute Gasteiger partial charge is 0.159 e. The molecule has 3 rings (SSSR count). The Hall–Kier alpha value is -3.19. The third-order valence-corrected chi connectivity index (χ3v) is 4.63. The predicted molar refractivity (Wildman–Crippen MR) is 112 cm³/mol. The molecule has 1 heterocycles. The molecule has 4 heteroatoms. The van der Waals surface area contributed by atoms with Crippen LogP contribution in [0.25, 0.3) is 22.5 Å². The first kappa shape index (κ1) is 19.6. The van der Waals surface area contributed by atoms with Crippen LogP contribution in [0.3, 0.4) is 0 Å². The molecule has 0 fully saturated rings. The van der Waals surface area contributed by atoms with E-state index in [4.69, 9.17) is 10.00 Å². The minimum absolute atomic E-state index is 0.628.